The highest BCUT2D eigenvalue weighted by molar-refractivity contribution is 5.48. The van der Waals surface area contributed by atoms with Gasteiger partial charge in [-0.1, -0.05) is 26.3 Å². The van der Waals surface area contributed by atoms with E-state index >= 15 is 0 Å². The maximum atomic E-state index is 14.0. The summed E-state index contributed by atoms with van der Waals surface area (Å²) in [7, 11) is 1.94. The van der Waals surface area contributed by atoms with Crippen molar-refractivity contribution in [3.8, 4) is 0 Å². The van der Waals surface area contributed by atoms with Gasteiger partial charge in [0, 0.05) is 19.6 Å². The summed E-state index contributed by atoms with van der Waals surface area (Å²) in [6.07, 6.45) is 3.86. The van der Waals surface area contributed by atoms with Crippen molar-refractivity contribution in [3.05, 3.63) is 29.6 Å². The van der Waals surface area contributed by atoms with E-state index in [4.69, 9.17) is 5.73 Å². The number of rotatable bonds is 7. The van der Waals surface area contributed by atoms with Crippen LogP contribution in [-0.4, -0.2) is 19.6 Å². The standard InChI is InChI=1S/C15H25FN2/c1-4-6-9-18(3)15-8-7-12(11-14(15)16)10-13(17)5-2/h7-8,11,13H,4-6,9-10,17H2,1-3H3. The van der Waals surface area contributed by atoms with Crippen LogP contribution in [0.5, 0.6) is 0 Å². The monoisotopic (exact) mass is 252 g/mol. The Morgan fingerprint density at radius 3 is 2.61 bits per heavy atom. The number of nitrogens with two attached hydrogens (primary N) is 1. The van der Waals surface area contributed by atoms with Gasteiger partial charge in [0.2, 0.25) is 0 Å². The van der Waals surface area contributed by atoms with Gasteiger partial charge in [0.1, 0.15) is 5.82 Å². The molecule has 1 rings (SSSR count). The van der Waals surface area contributed by atoms with Crippen LogP contribution in [0.1, 0.15) is 38.7 Å². The van der Waals surface area contributed by atoms with Crippen molar-refractivity contribution >= 4 is 5.69 Å². The molecule has 1 aromatic carbocycles. The fourth-order valence-corrected chi connectivity index (χ4v) is 1.95. The van der Waals surface area contributed by atoms with Crippen molar-refractivity contribution in [2.24, 2.45) is 5.73 Å². The molecule has 18 heavy (non-hydrogen) atoms. The minimum Gasteiger partial charge on any atom is -0.372 e. The van der Waals surface area contributed by atoms with E-state index in [1.165, 1.54) is 0 Å². The molecule has 3 heteroatoms. The molecule has 0 fully saturated rings. The maximum Gasteiger partial charge on any atom is 0.146 e. The normalized spacial score (nSPS) is 12.5. The zero-order valence-corrected chi connectivity index (χ0v) is 11.7. The summed E-state index contributed by atoms with van der Waals surface area (Å²) >= 11 is 0. The summed E-state index contributed by atoms with van der Waals surface area (Å²) < 4.78 is 14.0. The molecule has 1 aromatic rings. The fraction of sp³-hybridized carbons (Fsp3) is 0.600. The van der Waals surface area contributed by atoms with Crippen molar-refractivity contribution < 1.29 is 4.39 Å². The number of benzene rings is 1. The molecule has 0 saturated heterocycles. The van der Waals surface area contributed by atoms with Gasteiger partial charge in [-0.3, -0.25) is 0 Å². The fourth-order valence-electron chi connectivity index (χ4n) is 1.95. The highest BCUT2D eigenvalue weighted by Gasteiger charge is 2.09. The average Bonchev–Trinajstić information content (AvgIpc) is 2.36. The van der Waals surface area contributed by atoms with Crippen LogP contribution in [0.2, 0.25) is 0 Å². The third kappa shape index (κ3) is 4.30. The molecule has 0 amide bonds. The summed E-state index contributed by atoms with van der Waals surface area (Å²) in [5.41, 5.74) is 7.54. The predicted octanol–water partition coefficient (Wildman–Crippen LogP) is 3.34. The Balaban J connectivity index is 2.72. The van der Waals surface area contributed by atoms with Gasteiger partial charge in [0.15, 0.2) is 0 Å². The van der Waals surface area contributed by atoms with Crippen LogP contribution in [0.15, 0.2) is 18.2 Å². The van der Waals surface area contributed by atoms with E-state index in [9.17, 15) is 4.39 Å². The molecule has 2 N–H and O–H groups in total. The molecule has 1 atom stereocenters. The van der Waals surface area contributed by atoms with Gasteiger partial charge in [0.25, 0.3) is 0 Å². The van der Waals surface area contributed by atoms with E-state index in [-0.39, 0.29) is 11.9 Å². The zero-order chi connectivity index (χ0) is 13.5. The Bertz CT molecular complexity index is 366. The van der Waals surface area contributed by atoms with E-state index < -0.39 is 0 Å². The van der Waals surface area contributed by atoms with E-state index in [0.29, 0.717) is 5.69 Å². The number of hydrogen-bond acceptors (Lipinski definition) is 2. The Morgan fingerprint density at radius 2 is 2.06 bits per heavy atom. The van der Waals surface area contributed by atoms with E-state index in [1.807, 2.05) is 31.0 Å². The van der Waals surface area contributed by atoms with Gasteiger partial charge in [-0.15, -0.1) is 0 Å². The highest BCUT2D eigenvalue weighted by atomic mass is 19.1. The van der Waals surface area contributed by atoms with Crippen LogP contribution in [0, 0.1) is 5.82 Å². The molecule has 0 saturated carbocycles. The number of anilines is 1. The molecule has 0 bridgehead atoms. The number of nitrogens with zero attached hydrogens (tertiary/aromatic N) is 1. The van der Waals surface area contributed by atoms with E-state index in [0.717, 1.165) is 37.8 Å². The quantitative estimate of drug-likeness (QED) is 0.806. The van der Waals surface area contributed by atoms with Crippen LogP contribution in [0.25, 0.3) is 0 Å². The minimum absolute atomic E-state index is 0.119. The zero-order valence-electron chi connectivity index (χ0n) is 11.7. The van der Waals surface area contributed by atoms with Crippen LogP contribution in [-0.2, 0) is 6.42 Å². The molecule has 1 unspecified atom stereocenters. The van der Waals surface area contributed by atoms with Crippen molar-refractivity contribution in [2.75, 3.05) is 18.5 Å². The van der Waals surface area contributed by atoms with Gasteiger partial charge >= 0.3 is 0 Å². The second-order valence-corrected chi connectivity index (χ2v) is 4.93. The molecular formula is C15H25FN2. The van der Waals surface area contributed by atoms with Gasteiger partial charge in [-0.2, -0.15) is 0 Å². The van der Waals surface area contributed by atoms with Crippen LogP contribution >= 0.6 is 0 Å². The van der Waals surface area contributed by atoms with Crippen LogP contribution in [0.4, 0.5) is 10.1 Å². The molecule has 0 heterocycles. The lowest BCUT2D eigenvalue weighted by Gasteiger charge is -2.20. The Kier molecular flexibility index (Phi) is 6.13. The van der Waals surface area contributed by atoms with Crippen molar-refractivity contribution in [3.63, 3.8) is 0 Å². The van der Waals surface area contributed by atoms with Crippen molar-refractivity contribution in [2.45, 2.75) is 45.6 Å². The molecule has 2 nitrogen and oxygen atoms in total. The third-order valence-corrected chi connectivity index (χ3v) is 3.29. The molecule has 0 aliphatic heterocycles. The molecule has 0 spiro atoms. The molecular weight excluding hydrogens is 227 g/mol. The SMILES string of the molecule is CCCCN(C)c1ccc(CC(N)CC)cc1F. The second kappa shape index (κ2) is 7.37. The van der Waals surface area contributed by atoms with Gasteiger partial charge in [-0.05, 0) is 37.0 Å². The van der Waals surface area contributed by atoms with E-state index in [1.54, 1.807) is 6.07 Å². The first kappa shape index (κ1) is 15.0. The molecule has 0 radical (unpaired) electrons. The second-order valence-electron chi connectivity index (χ2n) is 4.93. The highest BCUT2D eigenvalue weighted by Crippen LogP contribution is 2.20. The summed E-state index contributed by atoms with van der Waals surface area (Å²) in [4.78, 5) is 1.97. The van der Waals surface area contributed by atoms with Gasteiger partial charge in [-0.25, -0.2) is 4.39 Å². The van der Waals surface area contributed by atoms with Crippen molar-refractivity contribution in [1.29, 1.82) is 0 Å². The summed E-state index contributed by atoms with van der Waals surface area (Å²) in [5.74, 6) is -0.144. The smallest absolute Gasteiger partial charge is 0.146 e. The van der Waals surface area contributed by atoms with Crippen molar-refractivity contribution in [1.82, 2.24) is 0 Å². The van der Waals surface area contributed by atoms with Gasteiger partial charge in [0.05, 0.1) is 5.69 Å². The lowest BCUT2D eigenvalue weighted by Crippen LogP contribution is -2.22. The minimum atomic E-state index is -0.144. The molecule has 0 aliphatic rings. The lowest BCUT2D eigenvalue weighted by molar-refractivity contribution is 0.608. The first-order valence-corrected chi connectivity index (χ1v) is 6.83. The number of unbranched alkanes of at least 4 members (excludes halogenated alkanes) is 1. The molecule has 0 aliphatic carbocycles. The molecule has 102 valence electrons. The first-order chi connectivity index (χ1) is 8.58. The topological polar surface area (TPSA) is 29.3 Å². The Labute approximate surface area is 110 Å². The first-order valence-electron chi connectivity index (χ1n) is 6.83. The number of hydrogen-bond donors (Lipinski definition) is 1. The Morgan fingerprint density at radius 1 is 1.33 bits per heavy atom. The summed E-state index contributed by atoms with van der Waals surface area (Å²) in [6.45, 7) is 5.08. The predicted molar refractivity (Wildman–Crippen MR) is 76.5 cm³/mol. The number of halogens is 1. The maximum absolute atomic E-state index is 14.0. The Hall–Kier alpha value is -1.09. The molecule has 0 aromatic heterocycles. The van der Waals surface area contributed by atoms with Crippen LogP contribution in [0.3, 0.4) is 0 Å². The lowest BCUT2D eigenvalue weighted by atomic mass is 10.0. The third-order valence-electron chi connectivity index (χ3n) is 3.29. The van der Waals surface area contributed by atoms with Crippen LogP contribution < -0.4 is 10.6 Å². The largest absolute Gasteiger partial charge is 0.372 e. The van der Waals surface area contributed by atoms with Gasteiger partial charge < -0.3 is 10.6 Å². The summed E-state index contributed by atoms with van der Waals surface area (Å²) in [6, 6.07) is 5.58. The summed E-state index contributed by atoms with van der Waals surface area (Å²) in [5, 5.41) is 0. The van der Waals surface area contributed by atoms with E-state index in [2.05, 4.69) is 6.92 Å². The average molecular weight is 252 g/mol.